The Morgan fingerprint density at radius 3 is 2.79 bits per heavy atom. The molecule has 0 spiro atoms. The zero-order chi connectivity index (χ0) is 20.2. The Labute approximate surface area is 169 Å². The third kappa shape index (κ3) is 4.00. The molecule has 0 amide bonds. The number of nitrogens with zero attached hydrogens (tertiary/aromatic N) is 3. The van der Waals surface area contributed by atoms with Gasteiger partial charge < -0.3 is 14.5 Å². The second-order valence-electron chi connectivity index (χ2n) is 6.92. The van der Waals surface area contributed by atoms with Crippen LogP contribution in [0.5, 0.6) is 11.5 Å². The number of nitrogens with one attached hydrogen (secondary N) is 1. The molecule has 29 heavy (non-hydrogen) atoms. The quantitative estimate of drug-likeness (QED) is 0.695. The lowest BCUT2D eigenvalue weighted by Crippen LogP contribution is -2.35. The number of hydrogen-bond donors (Lipinski definition) is 1. The van der Waals surface area contributed by atoms with Gasteiger partial charge in [-0.05, 0) is 25.1 Å². The van der Waals surface area contributed by atoms with Crippen LogP contribution in [0, 0.1) is 0 Å². The van der Waals surface area contributed by atoms with Gasteiger partial charge in [0.05, 0.1) is 25.0 Å². The Hall–Kier alpha value is -3.19. The highest BCUT2D eigenvalue weighted by Gasteiger charge is 2.23. The summed E-state index contributed by atoms with van der Waals surface area (Å²) in [4.78, 5) is 26.6. The van der Waals surface area contributed by atoms with E-state index < -0.39 is 0 Å². The predicted octanol–water partition coefficient (Wildman–Crippen LogP) is 2.80. The van der Waals surface area contributed by atoms with E-state index in [2.05, 4.69) is 14.9 Å². The summed E-state index contributed by atoms with van der Waals surface area (Å²) in [5.41, 5.74) is 3.43. The summed E-state index contributed by atoms with van der Waals surface area (Å²) in [5, 5.41) is 0. The fourth-order valence-electron chi connectivity index (χ4n) is 3.66. The predicted molar refractivity (Wildman–Crippen MR) is 110 cm³/mol. The number of hydrogen-bond acceptors (Lipinski definition) is 6. The minimum Gasteiger partial charge on any atom is -0.493 e. The van der Waals surface area contributed by atoms with Gasteiger partial charge in [-0.2, -0.15) is 0 Å². The SMILES string of the molecule is CCOc1c(CN2CCc3nc(-c4ccncc4)[nH]c(=O)c3C2)cccc1OC. The fourth-order valence-corrected chi connectivity index (χ4v) is 3.66. The average Bonchev–Trinajstić information content (AvgIpc) is 2.76. The first-order valence-corrected chi connectivity index (χ1v) is 9.73. The van der Waals surface area contributed by atoms with Crippen molar-refractivity contribution >= 4 is 0 Å². The molecule has 0 aliphatic carbocycles. The number of aromatic amines is 1. The first kappa shape index (κ1) is 19.1. The number of para-hydroxylation sites is 1. The molecule has 7 nitrogen and oxygen atoms in total. The number of H-pyrrole nitrogens is 1. The van der Waals surface area contributed by atoms with Gasteiger partial charge in [0.15, 0.2) is 11.5 Å². The number of methoxy groups -OCH3 is 1. The van der Waals surface area contributed by atoms with Crippen molar-refractivity contribution in [2.45, 2.75) is 26.4 Å². The van der Waals surface area contributed by atoms with Crippen LogP contribution in [-0.4, -0.2) is 40.1 Å². The van der Waals surface area contributed by atoms with Crippen molar-refractivity contribution in [1.82, 2.24) is 19.9 Å². The molecular weight excluding hydrogens is 368 g/mol. The van der Waals surface area contributed by atoms with Crippen molar-refractivity contribution in [3.8, 4) is 22.9 Å². The molecule has 3 aromatic rings. The van der Waals surface area contributed by atoms with Crippen molar-refractivity contribution < 1.29 is 9.47 Å². The highest BCUT2D eigenvalue weighted by molar-refractivity contribution is 5.54. The molecular formula is C22H24N4O3. The van der Waals surface area contributed by atoms with Crippen molar-refractivity contribution in [2.24, 2.45) is 0 Å². The largest absolute Gasteiger partial charge is 0.493 e. The van der Waals surface area contributed by atoms with Gasteiger partial charge in [0.1, 0.15) is 5.82 Å². The van der Waals surface area contributed by atoms with Crippen LogP contribution >= 0.6 is 0 Å². The Kier molecular flexibility index (Phi) is 5.57. The molecule has 1 aromatic carbocycles. The van der Waals surface area contributed by atoms with E-state index in [9.17, 15) is 4.79 Å². The molecule has 0 saturated heterocycles. The lowest BCUT2D eigenvalue weighted by atomic mass is 10.0. The maximum Gasteiger partial charge on any atom is 0.255 e. The molecule has 1 aliphatic heterocycles. The summed E-state index contributed by atoms with van der Waals surface area (Å²) >= 11 is 0. The van der Waals surface area contributed by atoms with Crippen molar-refractivity contribution in [1.29, 1.82) is 0 Å². The summed E-state index contributed by atoms with van der Waals surface area (Å²) < 4.78 is 11.3. The molecule has 1 N–H and O–H groups in total. The second kappa shape index (κ2) is 8.45. The average molecular weight is 392 g/mol. The Balaban J connectivity index is 1.58. The van der Waals surface area contributed by atoms with Gasteiger partial charge in [-0.3, -0.25) is 14.7 Å². The number of pyridine rings is 1. The Morgan fingerprint density at radius 2 is 2.03 bits per heavy atom. The van der Waals surface area contributed by atoms with Crippen LogP contribution in [-0.2, 0) is 19.5 Å². The lowest BCUT2D eigenvalue weighted by Gasteiger charge is -2.28. The zero-order valence-electron chi connectivity index (χ0n) is 16.6. The summed E-state index contributed by atoms with van der Waals surface area (Å²) in [5.74, 6) is 2.09. The molecule has 0 atom stereocenters. The number of aromatic nitrogens is 3. The highest BCUT2D eigenvalue weighted by atomic mass is 16.5. The molecule has 2 aromatic heterocycles. The smallest absolute Gasteiger partial charge is 0.255 e. The van der Waals surface area contributed by atoms with E-state index in [0.29, 0.717) is 25.5 Å². The topological polar surface area (TPSA) is 80.3 Å². The normalized spacial score (nSPS) is 13.7. The maximum atomic E-state index is 12.7. The van der Waals surface area contributed by atoms with Crippen LogP contribution in [0.2, 0.25) is 0 Å². The maximum absolute atomic E-state index is 12.7. The molecule has 0 radical (unpaired) electrons. The Bertz CT molecular complexity index is 1050. The van der Waals surface area contributed by atoms with Crippen LogP contribution < -0.4 is 15.0 Å². The molecule has 7 heteroatoms. The first-order valence-electron chi connectivity index (χ1n) is 9.73. The van der Waals surface area contributed by atoms with E-state index >= 15 is 0 Å². The number of ether oxygens (including phenoxy) is 2. The molecule has 0 saturated carbocycles. The molecule has 0 unspecified atom stereocenters. The molecule has 3 heterocycles. The van der Waals surface area contributed by atoms with Gasteiger partial charge >= 0.3 is 0 Å². The van der Waals surface area contributed by atoms with Gasteiger partial charge in [0, 0.05) is 49.6 Å². The standard InChI is InChI=1S/C22H24N4O3/c1-3-29-20-16(5-4-6-19(20)28-2)13-26-12-9-18-17(14-26)22(27)25-21(24-18)15-7-10-23-11-8-15/h4-8,10-11H,3,9,12-14H2,1-2H3,(H,24,25,27). The fraction of sp³-hybridized carbons (Fsp3) is 0.318. The molecule has 150 valence electrons. The molecule has 4 rings (SSSR count). The summed E-state index contributed by atoms with van der Waals surface area (Å²) in [6.07, 6.45) is 4.12. The zero-order valence-corrected chi connectivity index (χ0v) is 16.6. The third-order valence-electron chi connectivity index (χ3n) is 5.06. The van der Waals surface area contributed by atoms with Gasteiger partial charge in [-0.25, -0.2) is 4.98 Å². The van der Waals surface area contributed by atoms with Crippen LogP contribution in [0.15, 0.2) is 47.5 Å². The number of fused-ring (bicyclic) bond motifs is 1. The molecule has 0 bridgehead atoms. The van der Waals surface area contributed by atoms with Crippen molar-refractivity contribution in [2.75, 3.05) is 20.3 Å². The van der Waals surface area contributed by atoms with Crippen LogP contribution in [0.1, 0.15) is 23.7 Å². The van der Waals surface area contributed by atoms with Crippen LogP contribution in [0.3, 0.4) is 0 Å². The van der Waals surface area contributed by atoms with Crippen LogP contribution in [0.4, 0.5) is 0 Å². The van der Waals surface area contributed by atoms with E-state index in [0.717, 1.165) is 46.8 Å². The monoisotopic (exact) mass is 392 g/mol. The van der Waals surface area contributed by atoms with E-state index in [4.69, 9.17) is 14.5 Å². The summed E-state index contributed by atoms with van der Waals surface area (Å²) in [6.45, 7) is 4.58. The van der Waals surface area contributed by atoms with Crippen molar-refractivity contribution in [3.63, 3.8) is 0 Å². The van der Waals surface area contributed by atoms with Crippen molar-refractivity contribution in [3.05, 3.63) is 69.9 Å². The number of benzene rings is 1. The van der Waals surface area contributed by atoms with Crippen LogP contribution in [0.25, 0.3) is 11.4 Å². The van der Waals surface area contributed by atoms with E-state index in [1.165, 1.54) is 0 Å². The lowest BCUT2D eigenvalue weighted by molar-refractivity contribution is 0.233. The molecule has 1 aliphatic rings. The number of rotatable bonds is 6. The summed E-state index contributed by atoms with van der Waals surface area (Å²) in [6, 6.07) is 9.59. The van der Waals surface area contributed by atoms with Gasteiger partial charge in [0.2, 0.25) is 0 Å². The van der Waals surface area contributed by atoms with Gasteiger partial charge in [-0.15, -0.1) is 0 Å². The van der Waals surface area contributed by atoms with E-state index in [1.807, 2.05) is 37.3 Å². The van der Waals surface area contributed by atoms with E-state index in [-0.39, 0.29) is 5.56 Å². The molecule has 0 fully saturated rings. The van der Waals surface area contributed by atoms with Gasteiger partial charge in [0.25, 0.3) is 5.56 Å². The Morgan fingerprint density at radius 1 is 1.21 bits per heavy atom. The minimum atomic E-state index is -0.0813. The summed E-state index contributed by atoms with van der Waals surface area (Å²) in [7, 11) is 1.64. The highest BCUT2D eigenvalue weighted by Crippen LogP contribution is 2.32. The first-order chi connectivity index (χ1) is 14.2. The van der Waals surface area contributed by atoms with E-state index in [1.54, 1.807) is 19.5 Å². The van der Waals surface area contributed by atoms with Gasteiger partial charge in [-0.1, -0.05) is 12.1 Å². The second-order valence-corrected chi connectivity index (χ2v) is 6.92. The minimum absolute atomic E-state index is 0.0813. The third-order valence-corrected chi connectivity index (χ3v) is 5.06.